The van der Waals surface area contributed by atoms with Crippen LogP contribution in [0.5, 0.6) is 0 Å². The van der Waals surface area contributed by atoms with Crippen LogP contribution in [0.4, 0.5) is 5.69 Å². The van der Waals surface area contributed by atoms with Crippen molar-refractivity contribution in [2.24, 2.45) is 0 Å². The number of benzene rings is 1. The standard InChI is InChI=1S/C14H17N3O3/c1-16-13(19)5-3-11(8-18)17-7-9-6-10(15)2-4-12(9)14(17)20/h2,4,6,8,11H,3,5,7,15H2,1H3,(H,16,19). The van der Waals surface area contributed by atoms with Gasteiger partial charge in [-0.1, -0.05) is 0 Å². The Bertz CT molecular complexity index is 557. The number of hydrogen-bond acceptors (Lipinski definition) is 4. The van der Waals surface area contributed by atoms with Gasteiger partial charge in [0, 0.05) is 31.3 Å². The number of nitrogen functional groups attached to an aromatic ring is 1. The average molecular weight is 275 g/mol. The largest absolute Gasteiger partial charge is 0.399 e. The van der Waals surface area contributed by atoms with E-state index in [4.69, 9.17) is 5.73 Å². The molecule has 2 rings (SSSR count). The number of anilines is 1. The zero-order chi connectivity index (χ0) is 14.7. The monoisotopic (exact) mass is 275 g/mol. The molecule has 3 N–H and O–H groups in total. The number of fused-ring (bicyclic) bond motifs is 1. The van der Waals surface area contributed by atoms with Crippen molar-refractivity contribution in [3.05, 3.63) is 29.3 Å². The Kier molecular flexibility index (Phi) is 4.02. The molecule has 6 nitrogen and oxygen atoms in total. The van der Waals surface area contributed by atoms with E-state index in [9.17, 15) is 14.4 Å². The molecular weight excluding hydrogens is 258 g/mol. The molecule has 1 aliphatic rings. The Morgan fingerprint density at radius 1 is 1.55 bits per heavy atom. The summed E-state index contributed by atoms with van der Waals surface area (Å²) in [6.07, 6.45) is 1.25. The van der Waals surface area contributed by atoms with Crippen molar-refractivity contribution in [3.8, 4) is 0 Å². The van der Waals surface area contributed by atoms with Crippen LogP contribution in [-0.4, -0.2) is 36.1 Å². The fourth-order valence-corrected chi connectivity index (χ4v) is 2.33. The maximum atomic E-state index is 12.2. The van der Waals surface area contributed by atoms with Gasteiger partial charge in [0.15, 0.2) is 0 Å². The van der Waals surface area contributed by atoms with E-state index < -0.39 is 6.04 Å². The Morgan fingerprint density at radius 3 is 2.95 bits per heavy atom. The Morgan fingerprint density at radius 2 is 2.30 bits per heavy atom. The molecule has 20 heavy (non-hydrogen) atoms. The lowest BCUT2D eigenvalue weighted by molar-refractivity contribution is -0.121. The molecule has 1 aromatic rings. The van der Waals surface area contributed by atoms with Gasteiger partial charge in [-0.2, -0.15) is 0 Å². The zero-order valence-corrected chi connectivity index (χ0v) is 11.3. The third-order valence-electron chi connectivity index (χ3n) is 3.46. The van der Waals surface area contributed by atoms with Gasteiger partial charge in [-0.05, 0) is 30.2 Å². The van der Waals surface area contributed by atoms with Crippen molar-refractivity contribution in [2.75, 3.05) is 12.8 Å². The van der Waals surface area contributed by atoms with Gasteiger partial charge in [-0.25, -0.2) is 0 Å². The first-order valence-electron chi connectivity index (χ1n) is 6.42. The molecule has 2 amide bonds. The molecule has 0 saturated heterocycles. The Labute approximate surface area is 116 Å². The van der Waals surface area contributed by atoms with Crippen molar-refractivity contribution in [3.63, 3.8) is 0 Å². The number of amides is 2. The number of rotatable bonds is 5. The number of nitrogens with zero attached hydrogens (tertiary/aromatic N) is 1. The highest BCUT2D eigenvalue weighted by molar-refractivity contribution is 6.00. The van der Waals surface area contributed by atoms with Crippen molar-refractivity contribution >= 4 is 23.8 Å². The lowest BCUT2D eigenvalue weighted by atomic mass is 10.1. The lowest BCUT2D eigenvalue weighted by Gasteiger charge is -2.22. The van der Waals surface area contributed by atoms with Gasteiger partial charge in [0.2, 0.25) is 5.91 Å². The first-order valence-corrected chi connectivity index (χ1v) is 6.42. The van der Waals surface area contributed by atoms with E-state index in [1.54, 1.807) is 18.2 Å². The predicted octanol–water partition coefficient (Wildman–Crippen LogP) is 0.318. The minimum atomic E-state index is -0.589. The third-order valence-corrected chi connectivity index (χ3v) is 3.46. The molecular formula is C14H17N3O3. The van der Waals surface area contributed by atoms with E-state index in [0.29, 0.717) is 24.2 Å². The van der Waals surface area contributed by atoms with Crippen LogP contribution in [0.25, 0.3) is 0 Å². The molecule has 0 aliphatic carbocycles. The van der Waals surface area contributed by atoms with Gasteiger partial charge < -0.3 is 20.7 Å². The molecule has 1 aromatic carbocycles. The fraction of sp³-hybridized carbons (Fsp3) is 0.357. The molecule has 106 valence electrons. The molecule has 0 radical (unpaired) electrons. The molecule has 0 saturated carbocycles. The summed E-state index contributed by atoms with van der Waals surface area (Å²) in [4.78, 5) is 36.2. The normalized spacial score (nSPS) is 14.8. The van der Waals surface area contributed by atoms with Crippen LogP contribution in [0.3, 0.4) is 0 Å². The van der Waals surface area contributed by atoms with Gasteiger partial charge >= 0.3 is 0 Å². The second-order valence-electron chi connectivity index (χ2n) is 4.76. The second kappa shape index (κ2) is 5.73. The maximum Gasteiger partial charge on any atom is 0.255 e. The van der Waals surface area contributed by atoms with E-state index in [2.05, 4.69) is 5.32 Å². The highest BCUT2D eigenvalue weighted by Crippen LogP contribution is 2.27. The number of nitrogens with two attached hydrogens (primary N) is 1. The van der Waals surface area contributed by atoms with Crippen molar-refractivity contribution in [2.45, 2.75) is 25.4 Å². The van der Waals surface area contributed by atoms with Gasteiger partial charge in [-0.3, -0.25) is 9.59 Å². The average Bonchev–Trinajstić information content (AvgIpc) is 2.76. The van der Waals surface area contributed by atoms with Crippen LogP contribution in [0, 0.1) is 0 Å². The molecule has 0 aromatic heterocycles. The molecule has 0 fully saturated rings. The van der Waals surface area contributed by atoms with Crippen molar-refractivity contribution in [1.29, 1.82) is 0 Å². The topological polar surface area (TPSA) is 92.5 Å². The van der Waals surface area contributed by atoms with Crippen LogP contribution in [0.15, 0.2) is 18.2 Å². The number of carbonyl (C=O) groups excluding carboxylic acids is 3. The highest BCUT2D eigenvalue weighted by atomic mass is 16.2. The van der Waals surface area contributed by atoms with E-state index >= 15 is 0 Å². The predicted molar refractivity (Wildman–Crippen MR) is 73.9 cm³/mol. The van der Waals surface area contributed by atoms with Crippen LogP contribution in [-0.2, 0) is 16.1 Å². The molecule has 6 heteroatoms. The molecule has 1 unspecified atom stereocenters. The van der Waals surface area contributed by atoms with Crippen LogP contribution >= 0.6 is 0 Å². The second-order valence-corrected chi connectivity index (χ2v) is 4.76. The van der Waals surface area contributed by atoms with Gasteiger partial charge in [-0.15, -0.1) is 0 Å². The maximum absolute atomic E-state index is 12.2. The summed E-state index contributed by atoms with van der Waals surface area (Å²) < 4.78 is 0. The lowest BCUT2D eigenvalue weighted by Crippen LogP contribution is -2.37. The van der Waals surface area contributed by atoms with E-state index in [1.165, 1.54) is 11.9 Å². The summed E-state index contributed by atoms with van der Waals surface area (Å²) in [5.74, 6) is -0.334. The number of carbonyl (C=O) groups is 3. The molecule has 1 atom stereocenters. The Hall–Kier alpha value is -2.37. The van der Waals surface area contributed by atoms with Crippen LogP contribution in [0.1, 0.15) is 28.8 Å². The SMILES string of the molecule is CNC(=O)CCC(C=O)N1Cc2cc(N)ccc2C1=O. The molecule has 1 aliphatic heterocycles. The summed E-state index contributed by atoms with van der Waals surface area (Å²) in [5, 5.41) is 2.50. The first kappa shape index (κ1) is 14.0. The van der Waals surface area contributed by atoms with Gasteiger partial charge in [0.05, 0.1) is 6.04 Å². The minimum Gasteiger partial charge on any atom is -0.399 e. The van der Waals surface area contributed by atoms with Crippen LogP contribution in [0.2, 0.25) is 0 Å². The van der Waals surface area contributed by atoms with Crippen molar-refractivity contribution in [1.82, 2.24) is 10.2 Å². The minimum absolute atomic E-state index is 0.148. The van der Waals surface area contributed by atoms with Gasteiger partial charge in [0.25, 0.3) is 5.91 Å². The smallest absolute Gasteiger partial charge is 0.255 e. The summed E-state index contributed by atoms with van der Waals surface area (Å²) in [5.41, 5.74) is 7.68. The van der Waals surface area contributed by atoms with E-state index in [1.807, 2.05) is 0 Å². The molecule has 1 heterocycles. The summed E-state index contributed by atoms with van der Waals surface area (Å²) >= 11 is 0. The summed E-state index contributed by atoms with van der Waals surface area (Å²) in [7, 11) is 1.54. The van der Waals surface area contributed by atoms with Crippen LogP contribution < -0.4 is 11.1 Å². The summed E-state index contributed by atoms with van der Waals surface area (Å²) in [6, 6.07) is 4.50. The Balaban J connectivity index is 2.12. The molecule has 0 bridgehead atoms. The van der Waals surface area contributed by atoms with E-state index in [0.717, 1.165) is 11.8 Å². The number of hydrogen-bond donors (Lipinski definition) is 2. The fourth-order valence-electron chi connectivity index (χ4n) is 2.33. The van der Waals surface area contributed by atoms with Gasteiger partial charge in [0.1, 0.15) is 6.29 Å². The third kappa shape index (κ3) is 2.64. The molecule has 0 spiro atoms. The highest BCUT2D eigenvalue weighted by Gasteiger charge is 2.32. The zero-order valence-electron chi connectivity index (χ0n) is 11.3. The first-order chi connectivity index (χ1) is 9.56. The van der Waals surface area contributed by atoms with E-state index in [-0.39, 0.29) is 18.2 Å². The quantitative estimate of drug-likeness (QED) is 0.598. The van der Waals surface area contributed by atoms with Crippen molar-refractivity contribution < 1.29 is 14.4 Å². The number of aldehydes is 1. The summed E-state index contributed by atoms with van der Waals surface area (Å²) in [6.45, 7) is 0.357. The number of nitrogens with one attached hydrogen (secondary N) is 1.